The van der Waals surface area contributed by atoms with E-state index in [-0.39, 0.29) is 5.91 Å². The van der Waals surface area contributed by atoms with Crippen LogP contribution in [0.2, 0.25) is 0 Å². The fraction of sp³-hybridized carbons (Fsp3) is 0.333. The molecule has 1 saturated heterocycles. The summed E-state index contributed by atoms with van der Waals surface area (Å²) in [7, 11) is -5.48. The maximum atomic E-state index is 13.3. The summed E-state index contributed by atoms with van der Waals surface area (Å²) in [5.74, 6) is 0.981. The minimum Gasteiger partial charge on any atom is -0.461 e. The third-order valence-electron chi connectivity index (χ3n) is 5.45. The van der Waals surface area contributed by atoms with E-state index in [0.717, 1.165) is 11.3 Å². The Hall–Kier alpha value is -2.92. The smallest absolute Gasteiger partial charge is 0.461 e. The number of halogens is 3. The van der Waals surface area contributed by atoms with Crippen LogP contribution in [0.3, 0.4) is 0 Å². The number of carbonyl (C=O) groups excluding carboxylic acids is 1. The fourth-order valence-corrected chi connectivity index (χ4v) is 4.41. The largest absolute Gasteiger partial charge is 0.511 e. The molecule has 1 amide bonds. The molecular formula is C21H20F3N3O4S. The van der Waals surface area contributed by atoms with Gasteiger partial charge in [-0.05, 0) is 56.2 Å². The molecule has 1 aliphatic heterocycles. The van der Waals surface area contributed by atoms with E-state index in [2.05, 4.69) is 4.98 Å². The summed E-state index contributed by atoms with van der Waals surface area (Å²) in [6.07, 6.45) is 2.44. The van der Waals surface area contributed by atoms with E-state index >= 15 is 0 Å². The third kappa shape index (κ3) is 4.22. The van der Waals surface area contributed by atoms with E-state index in [9.17, 15) is 26.4 Å². The lowest BCUT2D eigenvalue weighted by Crippen LogP contribution is -2.46. The number of hydrogen-bond donors (Lipinski definition) is 1. The molecule has 7 nitrogen and oxygen atoms in total. The fourth-order valence-electron chi connectivity index (χ4n) is 3.83. The molecule has 0 saturated carbocycles. The van der Waals surface area contributed by atoms with Gasteiger partial charge in [-0.15, -0.1) is 0 Å². The highest BCUT2D eigenvalue weighted by molar-refractivity contribution is 7.90. The number of likely N-dealkylation sites (tertiary alicyclic amines) is 1. The molecule has 3 aromatic rings. The Kier molecular flexibility index (Phi) is 5.72. The summed E-state index contributed by atoms with van der Waals surface area (Å²) in [4.78, 5) is 19.0. The summed E-state index contributed by atoms with van der Waals surface area (Å²) >= 11 is 0. The van der Waals surface area contributed by atoms with Gasteiger partial charge in [-0.1, -0.05) is 0 Å². The molecule has 32 heavy (non-hydrogen) atoms. The molecule has 11 heteroatoms. The summed E-state index contributed by atoms with van der Waals surface area (Å²) in [6.45, 7) is 1.63. The van der Waals surface area contributed by atoms with Crippen LogP contribution in [0.5, 0.6) is 0 Å². The first-order valence-electron chi connectivity index (χ1n) is 9.89. The van der Waals surface area contributed by atoms with Crippen molar-refractivity contribution in [2.24, 2.45) is 0 Å². The van der Waals surface area contributed by atoms with E-state index in [1.54, 1.807) is 22.9 Å². The van der Waals surface area contributed by atoms with Crippen LogP contribution in [0.15, 0.2) is 47.0 Å². The van der Waals surface area contributed by atoms with Crippen LogP contribution in [-0.4, -0.2) is 48.8 Å². The zero-order chi connectivity index (χ0) is 23.1. The number of nitrogens with one attached hydrogen (secondary N) is 1. The van der Waals surface area contributed by atoms with Crippen molar-refractivity contribution in [3.63, 3.8) is 0 Å². The van der Waals surface area contributed by atoms with Gasteiger partial charge in [0.05, 0.1) is 11.1 Å². The minimum absolute atomic E-state index is 0.318. The van der Waals surface area contributed by atoms with Gasteiger partial charge in [-0.3, -0.25) is 9.78 Å². The number of hydrogen-bond acceptors (Lipinski definition) is 5. The predicted octanol–water partition coefficient (Wildman–Crippen LogP) is 3.85. The molecule has 0 radical (unpaired) electrons. The number of fused-ring (bicyclic) bond motifs is 1. The molecule has 0 bridgehead atoms. The molecule has 1 atom stereocenters. The maximum Gasteiger partial charge on any atom is 0.511 e. The first-order chi connectivity index (χ1) is 15.1. The predicted molar refractivity (Wildman–Crippen MR) is 111 cm³/mol. The van der Waals surface area contributed by atoms with Crippen LogP contribution in [0.1, 0.15) is 29.0 Å². The van der Waals surface area contributed by atoms with Crippen LogP contribution in [0.4, 0.5) is 13.2 Å². The van der Waals surface area contributed by atoms with Crippen molar-refractivity contribution in [2.45, 2.75) is 31.3 Å². The van der Waals surface area contributed by atoms with Crippen LogP contribution in [0, 0.1) is 6.92 Å². The normalized spacial score (nSPS) is 17.2. The second kappa shape index (κ2) is 8.21. The van der Waals surface area contributed by atoms with Crippen molar-refractivity contribution < 1.29 is 30.8 Å². The molecule has 3 heterocycles. The van der Waals surface area contributed by atoms with Gasteiger partial charge in [-0.25, -0.2) is 13.1 Å². The first-order valence-corrected chi connectivity index (χ1v) is 11.4. The number of aromatic nitrogens is 1. The second-order valence-electron chi connectivity index (χ2n) is 7.59. The van der Waals surface area contributed by atoms with Crippen molar-refractivity contribution in [1.82, 2.24) is 14.6 Å². The van der Waals surface area contributed by atoms with E-state index in [1.165, 1.54) is 11.1 Å². The van der Waals surface area contributed by atoms with Gasteiger partial charge in [0.2, 0.25) is 0 Å². The van der Waals surface area contributed by atoms with Crippen LogP contribution in [-0.2, 0) is 10.0 Å². The van der Waals surface area contributed by atoms with Crippen molar-refractivity contribution in [2.75, 3.05) is 13.1 Å². The number of sulfonamides is 1. The van der Waals surface area contributed by atoms with E-state index < -0.39 is 28.1 Å². The van der Waals surface area contributed by atoms with Gasteiger partial charge in [0.15, 0.2) is 0 Å². The molecular weight excluding hydrogens is 447 g/mol. The number of alkyl halides is 3. The number of benzene rings is 1. The summed E-state index contributed by atoms with van der Waals surface area (Å²) < 4.78 is 67.8. The average molecular weight is 467 g/mol. The number of pyridine rings is 1. The van der Waals surface area contributed by atoms with Gasteiger partial charge in [0.25, 0.3) is 5.91 Å². The molecule has 170 valence electrons. The average Bonchev–Trinajstić information content (AvgIpc) is 3.39. The quantitative estimate of drug-likeness (QED) is 0.616. The number of nitrogens with zero attached hydrogens (tertiary/aromatic N) is 2. The highest BCUT2D eigenvalue weighted by Crippen LogP contribution is 2.29. The number of furan rings is 1. The highest BCUT2D eigenvalue weighted by atomic mass is 32.2. The second-order valence-corrected chi connectivity index (χ2v) is 9.35. The van der Waals surface area contributed by atoms with Gasteiger partial charge in [0, 0.05) is 36.3 Å². The maximum absolute atomic E-state index is 13.3. The molecule has 1 aliphatic rings. The zero-order valence-electron chi connectivity index (χ0n) is 17.0. The Labute approximate surface area is 182 Å². The molecule has 1 fully saturated rings. The van der Waals surface area contributed by atoms with Crippen molar-refractivity contribution in [3.05, 3.63) is 53.9 Å². The van der Waals surface area contributed by atoms with E-state index in [1.807, 2.05) is 25.1 Å². The number of carbonyl (C=O) groups is 1. The summed E-state index contributed by atoms with van der Waals surface area (Å²) in [6, 6.07) is 9.88. The van der Waals surface area contributed by atoms with Crippen LogP contribution in [0.25, 0.3) is 22.2 Å². The molecule has 0 spiro atoms. The number of amides is 1. The Morgan fingerprint density at radius 1 is 1.25 bits per heavy atom. The molecule has 4 rings (SSSR count). The lowest BCUT2D eigenvalue weighted by molar-refractivity contribution is -0.0448. The molecule has 1 unspecified atom stereocenters. The van der Waals surface area contributed by atoms with Gasteiger partial charge in [0.1, 0.15) is 11.5 Å². The molecule has 2 aromatic heterocycles. The van der Waals surface area contributed by atoms with Crippen molar-refractivity contribution in [1.29, 1.82) is 0 Å². The SMILES string of the molecule is Cc1ccc(-c2ccc3nccc(C(=O)N4CCCC4CNS(=O)(=O)C(F)(F)F)c3c2)o1. The number of aryl methyl sites for hydroxylation is 1. The van der Waals surface area contributed by atoms with Crippen molar-refractivity contribution >= 4 is 26.8 Å². The monoisotopic (exact) mass is 467 g/mol. The van der Waals surface area contributed by atoms with E-state index in [4.69, 9.17) is 4.42 Å². The Balaban J connectivity index is 1.62. The van der Waals surface area contributed by atoms with Gasteiger partial charge >= 0.3 is 15.5 Å². The molecule has 0 aliphatic carbocycles. The third-order valence-corrected chi connectivity index (χ3v) is 6.60. The van der Waals surface area contributed by atoms with Gasteiger partial charge in [-0.2, -0.15) is 13.2 Å². The zero-order valence-corrected chi connectivity index (χ0v) is 17.8. The lowest BCUT2D eigenvalue weighted by Gasteiger charge is -2.25. The number of rotatable bonds is 5. The highest BCUT2D eigenvalue weighted by Gasteiger charge is 2.46. The van der Waals surface area contributed by atoms with E-state index in [0.29, 0.717) is 41.6 Å². The Morgan fingerprint density at radius 2 is 2.03 bits per heavy atom. The Morgan fingerprint density at radius 3 is 2.72 bits per heavy atom. The topological polar surface area (TPSA) is 92.5 Å². The Bertz CT molecular complexity index is 1270. The van der Waals surface area contributed by atoms with Gasteiger partial charge < -0.3 is 9.32 Å². The molecule has 1 aromatic carbocycles. The summed E-state index contributed by atoms with van der Waals surface area (Å²) in [5, 5.41) is 0.575. The summed E-state index contributed by atoms with van der Waals surface area (Å²) in [5.41, 5.74) is -3.73. The van der Waals surface area contributed by atoms with Crippen LogP contribution >= 0.6 is 0 Å². The first kappa shape index (κ1) is 22.3. The lowest BCUT2D eigenvalue weighted by atomic mass is 10.0. The van der Waals surface area contributed by atoms with Crippen LogP contribution < -0.4 is 4.72 Å². The van der Waals surface area contributed by atoms with Crippen molar-refractivity contribution in [3.8, 4) is 11.3 Å². The standard InChI is InChI=1S/C21H20F3N3O4S/c1-13-4-7-19(31-13)14-5-6-18-17(11-14)16(8-9-25-18)20(28)27-10-2-3-15(27)12-26-32(29,30)21(22,23)24/h4-9,11,15,26H,2-3,10,12H2,1H3. The molecule has 1 N–H and O–H groups in total. The minimum atomic E-state index is -5.48.